The molecule has 0 fully saturated rings. The Morgan fingerprint density at radius 1 is 1.67 bits per heavy atom. The molecule has 0 saturated heterocycles. The molecule has 0 unspecified atom stereocenters. The van der Waals surface area contributed by atoms with Crippen molar-refractivity contribution in [2.24, 2.45) is 5.41 Å². The Morgan fingerprint density at radius 2 is 2.33 bits per heavy atom. The molecular weight excluding hydrogens is 212 g/mol. The molecule has 0 spiro atoms. The molecule has 0 aliphatic rings. The summed E-state index contributed by atoms with van der Waals surface area (Å²) in [6, 6.07) is 2.07. The summed E-state index contributed by atoms with van der Waals surface area (Å²) in [5, 5.41) is 19.4. The van der Waals surface area contributed by atoms with Gasteiger partial charge >= 0.3 is 0 Å². The second kappa shape index (κ2) is 4.84. The van der Waals surface area contributed by atoms with E-state index in [-0.39, 0.29) is 5.91 Å². The molecule has 0 aliphatic carbocycles. The fraction of sp³-hybridized carbons (Fsp3) is 0.556. The average Bonchev–Trinajstić information content (AvgIpc) is 2.74. The number of carbonyl (C=O) groups is 1. The highest BCUT2D eigenvalue weighted by Gasteiger charge is 2.35. The lowest BCUT2D eigenvalue weighted by atomic mass is 9.83. The van der Waals surface area contributed by atoms with Crippen LogP contribution in [0.15, 0.2) is 5.51 Å². The van der Waals surface area contributed by atoms with Gasteiger partial charge in [0.25, 0.3) is 0 Å². The van der Waals surface area contributed by atoms with E-state index in [0.717, 1.165) is 0 Å². The van der Waals surface area contributed by atoms with E-state index >= 15 is 0 Å². The number of hydrogen-bond acceptors (Lipinski definition) is 5. The van der Waals surface area contributed by atoms with Gasteiger partial charge in [0, 0.05) is 0 Å². The zero-order valence-electron chi connectivity index (χ0n) is 8.65. The molecule has 1 N–H and O–H groups in total. The van der Waals surface area contributed by atoms with Crippen LogP contribution in [0.3, 0.4) is 0 Å². The van der Waals surface area contributed by atoms with Crippen LogP contribution < -0.4 is 5.32 Å². The van der Waals surface area contributed by atoms with Crippen LogP contribution in [-0.2, 0) is 4.79 Å². The monoisotopic (exact) mass is 224 g/mol. The van der Waals surface area contributed by atoms with Crippen molar-refractivity contribution in [3.05, 3.63) is 5.51 Å². The maximum Gasteiger partial charge on any atom is 0.246 e. The lowest BCUT2D eigenvalue weighted by molar-refractivity contribution is -0.123. The molecule has 80 valence electrons. The molecular formula is C9H12N4OS. The standard InChI is InChI=1S/C9H12N4OS/c1-3-9(4-2,5-10)7(14)12-8-13-11-6-15-8/h6H,3-4H2,1-2H3,(H,12,13,14). The van der Waals surface area contributed by atoms with Crippen molar-refractivity contribution >= 4 is 22.4 Å². The highest BCUT2D eigenvalue weighted by Crippen LogP contribution is 2.27. The van der Waals surface area contributed by atoms with Gasteiger partial charge in [-0.2, -0.15) is 5.26 Å². The van der Waals surface area contributed by atoms with Crippen molar-refractivity contribution in [2.45, 2.75) is 26.7 Å². The maximum absolute atomic E-state index is 11.8. The van der Waals surface area contributed by atoms with Crippen molar-refractivity contribution in [3.63, 3.8) is 0 Å². The first-order chi connectivity index (χ1) is 7.18. The van der Waals surface area contributed by atoms with E-state index in [2.05, 4.69) is 21.6 Å². The minimum absolute atomic E-state index is 0.299. The number of anilines is 1. The van der Waals surface area contributed by atoms with Crippen LogP contribution in [0.2, 0.25) is 0 Å². The number of hydrogen-bond donors (Lipinski definition) is 1. The first-order valence-corrected chi connectivity index (χ1v) is 5.55. The van der Waals surface area contributed by atoms with Gasteiger partial charge in [0.15, 0.2) is 0 Å². The Labute approximate surface area is 92.1 Å². The highest BCUT2D eigenvalue weighted by molar-refractivity contribution is 7.13. The first kappa shape index (κ1) is 11.6. The predicted molar refractivity (Wildman–Crippen MR) is 57.2 cm³/mol. The Hall–Kier alpha value is -1.48. The number of nitrogens with one attached hydrogen (secondary N) is 1. The SMILES string of the molecule is CCC(C#N)(CC)C(=O)Nc1nncs1. The summed E-state index contributed by atoms with van der Waals surface area (Å²) in [7, 11) is 0. The van der Waals surface area contributed by atoms with Crippen molar-refractivity contribution < 1.29 is 4.79 Å². The van der Waals surface area contributed by atoms with Gasteiger partial charge in [-0.25, -0.2) is 0 Å². The number of amides is 1. The summed E-state index contributed by atoms with van der Waals surface area (Å²) in [4.78, 5) is 11.8. The third kappa shape index (κ3) is 2.30. The lowest BCUT2D eigenvalue weighted by Crippen LogP contribution is -2.33. The van der Waals surface area contributed by atoms with Crippen LogP contribution in [0.25, 0.3) is 0 Å². The third-order valence-corrected chi connectivity index (χ3v) is 3.04. The molecule has 15 heavy (non-hydrogen) atoms. The summed E-state index contributed by atoms with van der Waals surface area (Å²) in [6.07, 6.45) is 0.981. The van der Waals surface area contributed by atoms with E-state index in [1.807, 2.05) is 13.8 Å². The number of carbonyl (C=O) groups excluding carboxylic acids is 1. The fourth-order valence-electron chi connectivity index (χ4n) is 1.22. The quantitative estimate of drug-likeness (QED) is 0.845. The predicted octanol–water partition coefficient (Wildman–Crippen LogP) is 1.81. The number of rotatable bonds is 4. The summed E-state index contributed by atoms with van der Waals surface area (Å²) < 4.78 is 0. The Morgan fingerprint density at radius 3 is 2.73 bits per heavy atom. The van der Waals surface area contributed by atoms with Crippen molar-refractivity contribution in [1.82, 2.24) is 10.2 Å². The Kier molecular flexibility index (Phi) is 3.74. The van der Waals surface area contributed by atoms with Crippen LogP contribution in [-0.4, -0.2) is 16.1 Å². The van der Waals surface area contributed by atoms with Crippen LogP contribution in [0.1, 0.15) is 26.7 Å². The van der Waals surface area contributed by atoms with Gasteiger partial charge in [-0.15, -0.1) is 10.2 Å². The summed E-state index contributed by atoms with van der Waals surface area (Å²) >= 11 is 1.24. The van der Waals surface area contributed by atoms with Gasteiger partial charge in [-0.05, 0) is 12.8 Å². The number of nitriles is 1. The lowest BCUT2D eigenvalue weighted by Gasteiger charge is -2.20. The zero-order chi connectivity index (χ0) is 11.3. The molecule has 0 radical (unpaired) electrons. The normalized spacial score (nSPS) is 10.7. The largest absolute Gasteiger partial charge is 0.299 e. The molecule has 1 aromatic rings. The van der Waals surface area contributed by atoms with Crippen LogP contribution in [0, 0.1) is 16.7 Å². The van der Waals surface area contributed by atoms with Crippen molar-refractivity contribution in [3.8, 4) is 6.07 Å². The van der Waals surface area contributed by atoms with E-state index in [4.69, 9.17) is 5.26 Å². The number of nitrogens with zero attached hydrogens (tertiary/aromatic N) is 3. The van der Waals surface area contributed by atoms with Crippen LogP contribution in [0.5, 0.6) is 0 Å². The molecule has 1 amide bonds. The fourth-order valence-corrected chi connectivity index (χ4v) is 1.66. The second-order valence-corrected chi connectivity index (χ2v) is 3.93. The van der Waals surface area contributed by atoms with Crippen molar-refractivity contribution in [2.75, 3.05) is 5.32 Å². The van der Waals surface area contributed by atoms with E-state index < -0.39 is 5.41 Å². The van der Waals surface area contributed by atoms with Gasteiger partial charge in [-0.1, -0.05) is 25.2 Å². The third-order valence-electron chi connectivity index (χ3n) is 2.44. The molecule has 0 aromatic carbocycles. The summed E-state index contributed by atoms with van der Waals surface area (Å²) in [6.45, 7) is 3.65. The summed E-state index contributed by atoms with van der Waals surface area (Å²) in [5.74, 6) is -0.299. The minimum atomic E-state index is -0.953. The Bertz CT molecular complexity index is 364. The molecule has 0 saturated carbocycles. The maximum atomic E-state index is 11.8. The molecule has 0 aliphatic heterocycles. The van der Waals surface area contributed by atoms with Gasteiger partial charge in [-0.3, -0.25) is 10.1 Å². The zero-order valence-corrected chi connectivity index (χ0v) is 9.47. The van der Waals surface area contributed by atoms with Gasteiger partial charge in [0.2, 0.25) is 11.0 Å². The van der Waals surface area contributed by atoms with E-state index in [1.54, 1.807) is 0 Å². The molecule has 0 atom stereocenters. The average molecular weight is 224 g/mol. The topological polar surface area (TPSA) is 78.7 Å². The highest BCUT2D eigenvalue weighted by atomic mass is 32.1. The van der Waals surface area contributed by atoms with Gasteiger partial charge in [0.1, 0.15) is 10.9 Å². The molecule has 6 heteroatoms. The van der Waals surface area contributed by atoms with E-state index in [0.29, 0.717) is 18.0 Å². The summed E-state index contributed by atoms with van der Waals surface area (Å²) in [5.41, 5.74) is 0.577. The molecule has 0 bridgehead atoms. The van der Waals surface area contributed by atoms with E-state index in [9.17, 15) is 4.79 Å². The Balaban J connectivity index is 2.79. The smallest absolute Gasteiger partial charge is 0.246 e. The van der Waals surface area contributed by atoms with Crippen molar-refractivity contribution in [1.29, 1.82) is 5.26 Å². The van der Waals surface area contributed by atoms with Gasteiger partial charge < -0.3 is 0 Å². The minimum Gasteiger partial charge on any atom is -0.299 e. The van der Waals surface area contributed by atoms with Crippen LogP contribution in [0.4, 0.5) is 5.13 Å². The number of aromatic nitrogens is 2. The van der Waals surface area contributed by atoms with Crippen LogP contribution >= 0.6 is 11.3 Å². The first-order valence-electron chi connectivity index (χ1n) is 4.67. The van der Waals surface area contributed by atoms with E-state index in [1.165, 1.54) is 16.8 Å². The van der Waals surface area contributed by atoms with Gasteiger partial charge in [0.05, 0.1) is 6.07 Å². The molecule has 1 rings (SSSR count). The molecule has 5 nitrogen and oxygen atoms in total. The molecule has 1 aromatic heterocycles. The second-order valence-electron chi connectivity index (χ2n) is 3.10. The molecule has 1 heterocycles.